The van der Waals surface area contributed by atoms with Gasteiger partial charge in [-0.2, -0.15) is 0 Å². The average molecular weight is 483 g/mol. The number of hydrogen-bond acceptors (Lipinski definition) is 9. The topological polar surface area (TPSA) is 149 Å². The molecule has 2 fully saturated rings. The molecule has 0 spiro atoms. The number of hydrogen-bond donors (Lipinski definition) is 6. The van der Waals surface area contributed by atoms with E-state index in [-0.39, 0.29) is 39.6 Å². The maximum atomic E-state index is 8.66. The summed E-state index contributed by atoms with van der Waals surface area (Å²) in [5, 5.41) is 51.9. The van der Waals surface area contributed by atoms with Gasteiger partial charge in [0, 0.05) is 21.7 Å². The fourth-order valence-electron chi connectivity index (χ4n) is 3.02. The van der Waals surface area contributed by atoms with E-state index in [0.717, 1.165) is 52.5 Å². The van der Waals surface area contributed by atoms with Crippen molar-refractivity contribution >= 4 is 0 Å². The Labute approximate surface area is 199 Å². The molecule has 0 aromatic carbocycles. The smallest absolute Gasteiger partial charge is 0.0566 e. The van der Waals surface area contributed by atoms with Gasteiger partial charge in [0.15, 0.2) is 0 Å². The van der Waals surface area contributed by atoms with E-state index >= 15 is 0 Å². The van der Waals surface area contributed by atoms with Crippen molar-refractivity contribution in [3.8, 4) is 0 Å². The Balaban J connectivity index is 0.000000498. The molecular weight excluding hydrogens is 432 g/mol. The first kappa shape index (κ1) is 32.6. The summed E-state index contributed by atoms with van der Waals surface area (Å²) in [4.78, 5) is 0. The lowest BCUT2D eigenvalue weighted by molar-refractivity contribution is -0.187. The highest BCUT2D eigenvalue weighted by Crippen LogP contribution is 2.35. The van der Waals surface area contributed by atoms with E-state index in [1.165, 1.54) is 0 Å². The Morgan fingerprint density at radius 2 is 0.848 bits per heavy atom. The third-order valence-corrected chi connectivity index (χ3v) is 7.46. The maximum Gasteiger partial charge on any atom is 0.0566 e. The monoisotopic (exact) mass is 482 g/mol. The molecule has 0 aliphatic carbocycles. The number of aliphatic hydroxyl groups is 6. The second-order valence-electron chi connectivity index (χ2n) is 9.84. The van der Waals surface area contributed by atoms with Crippen LogP contribution in [0.2, 0.25) is 0 Å². The van der Waals surface area contributed by atoms with Gasteiger partial charge in [-0.15, -0.1) is 0 Å². The zero-order valence-electron chi connectivity index (χ0n) is 21.2. The minimum absolute atomic E-state index is 0.156. The molecule has 2 aliphatic heterocycles. The van der Waals surface area contributed by atoms with Crippen LogP contribution in [0, 0.1) is 21.7 Å². The van der Waals surface area contributed by atoms with Crippen LogP contribution >= 0.6 is 0 Å². The van der Waals surface area contributed by atoms with Crippen LogP contribution < -0.4 is 0 Å². The fourth-order valence-corrected chi connectivity index (χ4v) is 3.02. The molecule has 33 heavy (non-hydrogen) atoms. The molecule has 9 heteroatoms. The van der Waals surface area contributed by atoms with Gasteiger partial charge < -0.3 is 44.8 Å². The molecule has 0 radical (unpaired) electrons. The first-order chi connectivity index (χ1) is 15.7. The maximum absolute atomic E-state index is 8.66. The lowest BCUT2D eigenvalue weighted by atomic mass is 9.83. The highest BCUT2D eigenvalue weighted by Gasteiger charge is 2.40. The molecule has 2 saturated heterocycles. The summed E-state index contributed by atoms with van der Waals surface area (Å²) in [5.74, 6) is 0. The van der Waals surface area contributed by atoms with Crippen LogP contribution in [0.15, 0.2) is 0 Å². The van der Waals surface area contributed by atoms with Gasteiger partial charge in [0.05, 0.1) is 79.3 Å². The van der Waals surface area contributed by atoms with E-state index in [4.69, 9.17) is 44.8 Å². The van der Waals surface area contributed by atoms with Gasteiger partial charge >= 0.3 is 0 Å². The van der Waals surface area contributed by atoms with Crippen LogP contribution in [-0.2, 0) is 14.2 Å². The zero-order valence-corrected chi connectivity index (χ0v) is 21.2. The highest BCUT2D eigenvalue weighted by molar-refractivity contribution is 4.87. The quantitative estimate of drug-likeness (QED) is 0.209. The number of ether oxygens (including phenoxy) is 3. The van der Waals surface area contributed by atoms with Crippen LogP contribution in [0.3, 0.4) is 0 Å². The largest absolute Gasteiger partial charge is 0.396 e. The molecule has 0 saturated carbocycles. The Morgan fingerprint density at radius 1 is 0.576 bits per heavy atom. The van der Waals surface area contributed by atoms with Crippen LogP contribution in [-0.4, -0.2) is 110 Å². The van der Waals surface area contributed by atoms with Crippen LogP contribution in [0.1, 0.15) is 53.4 Å². The Kier molecular flexibility index (Phi) is 16.2. The molecule has 0 aromatic heterocycles. The lowest BCUT2D eigenvalue weighted by Gasteiger charge is -2.44. The zero-order chi connectivity index (χ0) is 25.4. The summed E-state index contributed by atoms with van der Waals surface area (Å²) in [6, 6.07) is 0. The summed E-state index contributed by atoms with van der Waals surface area (Å²) in [7, 11) is 0. The number of rotatable bonds is 14. The summed E-state index contributed by atoms with van der Waals surface area (Å²) in [6.07, 6.45) is 3.50. The minimum Gasteiger partial charge on any atom is -0.396 e. The Morgan fingerprint density at radius 3 is 0.939 bits per heavy atom. The second kappa shape index (κ2) is 16.3. The van der Waals surface area contributed by atoms with Gasteiger partial charge in [0.25, 0.3) is 0 Å². The van der Waals surface area contributed by atoms with Gasteiger partial charge in [0.2, 0.25) is 0 Å². The van der Waals surface area contributed by atoms with E-state index < -0.39 is 10.8 Å². The van der Waals surface area contributed by atoms with Crippen molar-refractivity contribution in [1.29, 1.82) is 0 Å². The number of aliphatic hydroxyl groups excluding tert-OH is 6. The molecular formula is C24H50O9. The van der Waals surface area contributed by atoms with Gasteiger partial charge in [0.1, 0.15) is 0 Å². The molecule has 200 valence electrons. The SMILES string of the molecule is CCC(CO)(CO)CO.CCC(CO)(CO)CO.CCC1(COCC2(CC)COC2)COC1. The van der Waals surface area contributed by atoms with E-state index in [1.807, 2.05) is 13.8 Å². The molecule has 0 atom stereocenters. The molecule has 0 amide bonds. The first-order valence-corrected chi connectivity index (χ1v) is 12.1. The van der Waals surface area contributed by atoms with Gasteiger partial charge in [-0.1, -0.05) is 27.7 Å². The molecule has 0 aromatic rings. The van der Waals surface area contributed by atoms with Gasteiger partial charge in [-0.3, -0.25) is 0 Å². The predicted octanol–water partition coefficient (Wildman–Crippen LogP) is 0.576. The summed E-state index contributed by atoms with van der Waals surface area (Å²) < 4.78 is 16.4. The average Bonchev–Trinajstić information content (AvgIpc) is 2.82. The molecule has 0 unspecified atom stereocenters. The molecule has 6 N–H and O–H groups in total. The minimum atomic E-state index is -0.667. The first-order valence-electron chi connectivity index (χ1n) is 12.1. The summed E-state index contributed by atoms with van der Waals surface area (Å²) >= 11 is 0. The van der Waals surface area contributed by atoms with Crippen molar-refractivity contribution < 1.29 is 44.8 Å². The van der Waals surface area contributed by atoms with E-state index in [2.05, 4.69) is 13.8 Å². The molecule has 9 nitrogen and oxygen atoms in total. The van der Waals surface area contributed by atoms with Crippen LogP contribution in [0.5, 0.6) is 0 Å². The molecule has 0 bridgehead atoms. The normalized spacial score (nSPS) is 18.7. The van der Waals surface area contributed by atoms with Crippen molar-refractivity contribution in [2.75, 3.05) is 79.3 Å². The van der Waals surface area contributed by atoms with E-state index in [1.54, 1.807) is 0 Å². The summed E-state index contributed by atoms with van der Waals surface area (Å²) in [5.41, 5.74) is -0.695. The highest BCUT2D eigenvalue weighted by atomic mass is 16.5. The standard InChI is InChI=1S/C12H22O3.2C6H14O3/c1-3-11(5-13-6-11)9-15-10-12(4-2)7-14-8-12;2*1-2-6(3-7,4-8)5-9/h3-10H2,1-2H3;2*7-9H,2-5H2,1H3. The Bertz CT molecular complexity index is 383. The van der Waals surface area contributed by atoms with E-state index in [9.17, 15) is 0 Å². The molecule has 2 rings (SSSR count). The van der Waals surface area contributed by atoms with Crippen LogP contribution in [0.25, 0.3) is 0 Å². The third-order valence-electron chi connectivity index (χ3n) is 7.46. The second-order valence-corrected chi connectivity index (χ2v) is 9.84. The predicted molar refractivity (Wildman–Crippen MR) is 126 cm³/mol. The van der Waals surface area contributed by atoms with Crippen molar-refractivity contribution in [3.05, 3.63) is 0 Å². The summed E-state index contributed by atoms with van der Waals surface area (Å²) in [6.45, 7) is 12.3. The fraction of sp³-hybridized carbons (Fsp3) is 1.00. The Hall–Kier alpha value is -0.360. The van der Waals surface area contributed by atoms with Crippen molar-refractivity contribution in [2.45, 2.75) is 53.4 Å². The van der Waals surface area contributed by atoms with Crippen molar-refractivity contribution in [3.63, 3.8) is 0 Å². The van der Waals surface area contributed by atoms with Crippen LogP contribution in [0.4, 0.5) is 0 Å². The van der Waals surface area contributed by atoms with Gasteiger partial charge in [-0.05, 0) is 25.7 Å². The van der Waals surface area contributed by atoms with E-state index in [0.29, 0.717) is 23.7 Å². The molecule has 2 heterocycles. The third kappa shape index (κ3) is 9.66. The lowest BCUT2D eigenvalue weighted by Crippen LogP contribution is -2.49. The van der Waals surface area contributed by atoms with Crippen molar-refractivity contribution in [1.82, 2.24) is 0 Å². The van der Waals surface area contributed by atoms with Gasteiger partial charge in [-0.25, -0.2) is 0 Å². The van der Waals surface area contributed by atoms with Crippen molar-refractivity contribution in [2.24, 2.45) is 21.7 Å². The molecule has 2 aliphatic rings.